The first-order chi connectivity index (χ1) is 12.9. The van der Waals surface area contributed by atoms with Crippen molar-refractivity contribution in [3.63, 3.8) is 0 Å². The lowest BCUT2D eigenvalue weighted by Crippen LogP contribution is -2.37. The van der Waals surface area contributed by atoms with Gasteiger partial charge in [0.2, 0.25) is 10.0 Å². The van der Waals surface area contributed by atoms with Gasteiger partial charge in [0.1, 0.15) is 5.82 Å². The molecule has 2 N–H and O–H groups in total. The van der Waals surface area contributed by atoms with Crippen LogP contribution in [-0.2, 0) is 14.8 Å². The summed E-state index contributed by atoms with van der Waals surface area (Å²) in [5.74, 6) is 2.10. The molecular formula is C18H31N5O3S. The second-order valence-corrected chi connectivity index (χ2v) is 10.0. The molecule has 0 atom stereocenters. The van der Waals surface area contributed by atoms with Crippen LogP contribution in [0, 0.1) is 5.92 Å². The maximum absolute atomic E-state index is 11.9. The van der Waals surface area contributed by atoms with Crippen LogP contribution in [0.15, 0.2) is 12.1 Å². The molecule has 1 aromatic rings. The SMILES string of the molecule is CC(C)S(=O)(=O)NCC1CCC(Nc2ccc(N3CCOCC3)nn2)CC1. The lowest BCUT2D eigenvalue weighted by molar-refractivity contribution is 0.122. The van der Waals surface area contributed by atoms with E-state index in [-0.39, 0.29) is 5.25 Å². The maximum Gasteiger partial charge on any atom is 0.213 e. The number of hydrogen-bond donors (Lipinski definition) is 2. The van der Waals surface area contributed by atoms with Gasteiger partial charge < -0.3 is 15.0 Å². The summed E-state index contributed by atoms with van der Waals surface area (Å²) < 4.78 is 31.9. The first-order valence-corrected chi connectivity index (χ1v) is 11.4. The van der Waals surface area contributed by atoms with Crippen LogP contribution in [0.2, 0.25) is 0 Å². The van der Waals surface area contributed by atoms with Crippen molar-refractivity contribution in [2.75, 3.05) is 43.1 Å². The molecule has 2 aliphatic rings. The molecule has 1 saturated carbocycles. The second-order valence-electron chi connectivity index (χ2n) is 7.68. The minimum Gasteiger partial charge on any atom is -0.378 e. The molecule has 1 aliphatic heterocycles. The van der Waals surface area contributed by atoms with Gasteiger partial charge in [0.15, 0.2) is 5.82 Å². The lowest BCUT2D eigenvalue weighted by atomic mass is 9.86. The highest BCUT2D eigenvalue weighted by atomic mass is 32.2. The van der Waals surface area contributed by atoms with Crippen molar-refractivity contribution in [1.82, 2.24) is 14.9 Å². The minimum absolute atomic E-state index is 0.367. The van der Waals surface area contributed by atoms with Gasteiger partial charge in [-0.25, -0.2) is 13.1 Å². The summed E-state index contributed by atoms with van der Waals surface area (Å²) in [6, 6.07) is 4.36. The minimum atomic E-state index is -3.17. The summed E-state index contributed by atoms with van der Waals surface area (Å²) in [5, 5.41) is 11.7. The fourth-order valence-electron chi connectivity index (χ4n) is 3.48. The Kier molecular flexibility index (Phi) is 6.88. The molecule has 152 valence electrons. The molecule has 0 amide bonds. The zero-order valence-electron chi connectivity index (χ0n) is 16.2. The van der Waals surface area contributed by atoms with Gasteiger partial charge in [-0.3, -0.25) is 0 Å². The number of ether oxygens (including phenoxy) is 1. The van der Waals surface area contributed by atoms with Crippen LogP contribution in [-0.4, -0.2) is 62.8 Å². The van der Waals surface area contributed by atoms with Gasteiger partial charge in [-0.2, -0.15) is 0 Å². The average molecular weight is 398 g/mol. The quantitative estimate of drug-likeness (QED) is 0.721. The van der Waals surface area contributed by atoms with E-state index in [0.29, 0.717) is 18.5 Å². The van der Waals surface area contributed by atoms with Gasteiger partial charge in [0.25, 0.3) is 0 Å². The van der Waals surface area contributed by atoms with Gasteiger partial charge >= 0.3 is 0 Å². The summed E-state index contributed by atoms with van der Waals surface area (Å²) >= 11 is 0. The fraction of sp³-hybridized carbons (Fsp3) is 0.778. The Morgan fingerprint density at radius 2 is 1.85 bits per heavy atom. The van der Waals surface area contributed by atoms with Crippen molar-refractivity contribution in [3.05, 3.63) is 12.1 Å². The number of nitrogens with one attached hydrogen (secondary N) is 2. The van der Waals surface area contributed by atoms with E-state index in [4.69, 9.17) is 4.74 Å². The summed E-state index contributed by atoms with van der Waals surface area (Å²) in [5.41, 5.74) is 0. The molecule has 0 aromatic carbocycles. The third kappa shape index (κ3) is 5.76. The van der Waals surface area contributed by atoms with Crippen LogP contribution in [0.5, 0.6) is 0 Å². The summed E-state index contributed by atoms with van der Waals surface area (Å²) in [6.45, 7) is 7.12. The van der Waals surface area contributed by atoms with E-state index in [0.717, 1.165) is 63.6 Å². The second kappa shape index (κ2) is 9.16. The van der Waals surface area contributed by atoms with Gasteiger partial charge in [0.05, 0.1) is 18.5 Å². The largest absolute Gasteiger partial charge is 0.378 e. The van der Waals surface area contributed by atoms with Crippen LogP contribution in [0.4, 0.5) is 11.6 Å². The van der Waals surface area contributed by atoms with Crippen LogP contribution in [0.1, 0.15) is 39.5 Å². The smallest absolute Gasteiger partial charge is 0.213 e. The van der Waals surface area contributed by atoms with E-state index < -0.39 is 10.0 Å². The standard InChI is InChI=1S/C18H31N5O3S/c1-14(2)27(24,25)19-13-15-3-5-16(6-4-15)20-17-7-8-18(22-21-17)23-9-11-26-12-10-23/h7-8,14-16,19H,3-6,9-13H2,1-2H3,(H,20,21). The first kappa shape index (κ1) is 20.3. The summed E-state index contributed by atoms with van der Waals surface area (Å²) in [4.78, 5) is 2.18. The normalized spacial score (nSPS) is 24.2. The topological polar surface area (TPSA) is 96.5 Å². The molecule has 9 heteroatoms. The Morgan fingerprint density at radius 1 is 1.15 bits per heavy atom. The Labute approximate surface area is 162 Å². The molecule has 1 aromatic heterocycles. The third-order valence-corrected chi connectivity index (χ3v) is 7.19. The van der Waals surface area contributed by atoms with Crippen LogP contribution >= 0.6 is 0 Å². The lowest BCUT2D eigenvalue weighted by Gasteiger charge is -2.30. The molecule has 8 nitrogen and oxygen atoms in total. The number of morpholine rings is 1. The van der Waals surface area contributed by atoms with E-state index in [2.05, 4.69) is 25.1 Å². The molecule has 1 aliphatic carbocycles. The summed E-state index contributed by atoms with van der Waals surface area (Å²) in [6.07, 6.45) is 4.05. The number of nitrogens with zero attached hydrogens (tertiary/aromatic N) is 3. The number of aromatic nitrogens is 2. The zero-order chi connectivity index (χ0) is 19.3. The Bertz CT molecular complexity index is 681. The third-order valence-electron chi connectivity index (χ3n) is 5.38. The molecule has 0 unspecified atom stereocenters. The highest BCUT2D eigenvalue weighted by Gasteiger charge is 2.24. The highest BCUT2D eigenvalue weighted by molar-refractivity contribution is 7.90. The van der Waals surface area contributed by atoms with E-state index >= 15 is 0 Å². The maximum atomic E-state index is 11.9. The Morgan fingerprint density at radius 3 is 2.44 bits per heavy atom. The predicted octanol–water partition coefficient (Wildman–Crippen LogP) is 1.61. The van der Waals surface area contributed by atoms with E-state index in [9.17, 15) is 8.42 Å². The molecule has 2 fully saturated rings. The van der Waals surface area contributed by atoms with Crippen LogP contribution < -0.4 is 14.9 Å². The van der Waals surface area contributed by atoms with Crippen molar-refractivity contribution in [1.29, 1.82) is 0 Å². The molecule has 1 saturated heterocycles. The van der Waals surface area contributed by atoms with Gasteiger partial charge in [-0.15, -0.1) is 10.2 Å². The first-order valence-electron chi connectivity index (χ1n) is 9.85. The van der Waals surface area contributed by atoms with Crippen molar-refractivity contribution >= 4 is 21.7 Å². The van der Waals surface area contributed by atoms with E-state index in [1.165, 1.54) is 0 Å². The Hall–Kier alpha value is -1.45. The number of anilines is 2. The van der Waals surface area contributed by atoms with Gasteiger partial charge in [-0.1, -0.05) is 0 Å². The molecule has 2 heterocycles. The van der Waals surface area contributed by atoms with Crippen molar-refractivity contribution < 1.29 is 13.2 Å². The Balaban J connectivity index is 1.42. The van der Waals surface area contributed by atoms with E-state index in [1.54, 1.807) is 13.8 Å². The van der Waals surface area contributed by atoms with E-state index in [1.807, 2.05) is 12.1 Å². The molecule has 0 bridgehead atoms. The average Bonchev–Trinajstić information content (AvgIpc) is 2.69. The molecule has 3 rings (SSSR count). The molecule has 0 radical (unpaired) electrons. The fourth-order valence-corrected chi connectivity index (χ4v) is 4.29. The summed E-state index contributed by atoms with van der Waals surface area (Å²) in [7, 11) is -3.17. The van der Waals surface area contributed by atoms with Crippen molar-refractivity contribution in [2.24, 2.45) is 5.92 Å². The molecule has 0 spiro atoms. The highest BCUT2D eigenvalue weighted by Crippen LogP contribution is 2.26. The monoisotopic (exact) mass is 397 g/mol. The van der Waals surface area contributed by atoms with Gasteiger partial charge in [0, 0.05) is 25.7 Å². The number of sulfonamides is 1. The predicted molar refractivity (Wildman–Crippen MR) is 106 cm³/mol. The van der Waals surface area contributed by atoms with Crippen molar-refractivity contribution in [3.8, 4) is 0 Å². The molecule has 27 heavy (non-hydrogen) atoms. The number of hydrogen-bond acceptors (Lipinski definition) is 7. The van der Waals surface area contributed by atoms with Crippen LogP contribution in [0.3, 0.4) is 0 Å². The number of rotatable bonds is 7. The zero-order valence-corrected chi connectivity index (χ0v) is 17.0. The van der Waals surface area contributed by atoms with Gasteiger partial charge in [-0.05, 0) is 57.6 Å². The molecular weight excluding hydrogens is 366 g/mol. The van der Waals surface area contributed by atoms with Crippen LogP contribution in [0.25, 0.3) is 0 Å². The van der Waals surface area contributed by atoms with Crippen molar-refractivity contribution in [2.45, 2.75) is 50.8 Å².